The van der Waals surface area contributed by atoms with Crippen LogP contribution in [0.5, 0.6) is 0 Å². The molecule has 7 aromatic carbocycles. The molecule has 0 amide bonds. The summed E-state index contributed by atoms with van der Waals surface area (Å²) >= 11 is 0. The minimum atomic E-state index is 0.706. The van der Waals surface area contributed by atoms with Crippen molar-refractivity contribution in [3.8, 4) is 45.0 Å². The number of nitrogens with zero attached hydrogens (tertiary/aromatic N) is 5. The molecule has 264 valence electrons. The molecule has 10 aromatic rings. The second kappa shape index (κ2) is 13.1. The van der Waals surface area contributed by atoms with E-state index >= 15 is 0 Å². The Morgan fingerprint density at radius 2 is 0.964 bits per heavy atom. The quantitative estimate of drug-likeness (QED) is 0.186. The molecule has 1 aliphatic heterocycles. The summed E-state index contributed by atoms with van der Waals surface area (Å²) in [4.78, 5) is 13.7. The van der Waals surface area contributed by atoms with Crippen LogP contribution in [0.4, 0.5) is 0 Å². The number of aromatic nitrogens is 4. The van der Waals surface area contributed by atoms with Crippen molar-refractivity contribution in [1.82, 2.24) is 24.4 Å². The van der Waals surface area contributed by atoms with Crippen LogP contribution in [0.25, 0.3) is 88.6 Å². The van der Waals surface area contributed by atoms with Crippen LogP contribution < -0.4 is 5.32 Å². The van der Waals surface area contributed by atoms with E-state index in [2.05, 4.69) is 187 Å². The normalized spacial score (nSPS) is 12.8. The summed E-state index contributed by atoms with van der Waals surface area (Å²) in [7, 11) is 0. The van der Waals surface area contributed by atoms with Crippen LogP contribution in [0.3, 0.4) is 0 Å². The molecule has 1 N–H and O–H groups in total. The average Bonchev–Trinajstić information content (AvgIpc) is 3.81. The van der Waals surface area contributed by atoms with Gasteiger partial charge in [0.2, 0.25) is 0 Å². The third-order valence-corrected chi connectivity index (χ3v) is 10.9. The van der Waals surface area contributed by atoms with Crippen molar-refractivity contribution < 1.29 is 0 Å². The van der Waals surface area contributed by atoms with E-state index in [0.29, 0.717) is 5.82 Å². The Morgan fingerprint density at radius 3 is 1.57 bits per heavy atom. The van der Waals surface area contributed by atoms with Crippen LogP contribution in [0.15, 0.2) is 193 Å². The maximum absolute atomic E-state index is 4.64. The molecule has 0 bridgehead atoms. The van der Waals surface area contributed by atoms with E-state index in [1.165, 1.54) is 38.1 Å². The van der Waals surface area contributed by atoms with Crippen LogP contribution in [-0.2, 0) is 0 Å². The minimum absolute atomic E-state index is 0.706. The lowest BCUT2D eigenvalue weighted by Gasteiger charge is -2.16. The number of hydrogen-bond acceptors (Lipinski definition) is 4. The molecule has 6 nitrogen and oxygen atoms in total. The van der Waals surface area contributed by atoms with Crippen molar-refractivity contribution in [1.29, 1.82) is 0 Å². The van der Waals surface area contributed by atoms with Crippen LogP contribution in [0.2, 0.25) is 0 Å². The molecule has 0 spiro atoms. The first-order valence-electron chi connectivity index (χ1n) is 18.9. The van der Waals surface area contributed by atoms with Crippen molar-refractivity contribution in [2.45, 2.75) is 0 Å². The van der Waals surface area contributed by atoms with E-state index in [4.69, 9.17) is 0 Å². The highest BCUT2D eigenvalue weighted by Gasteiger charge is 2.20. The van der Waals surface area contributed by atoms with Gasteiger partial charge in [-0.25, -0.2) is 15.0 Å². The first kappa shape index (κ1) is 31.9. The molecule has 11 rings (SSSR count). The van der Waals surface area contributed by atoms with Crippen LogP contribution in [-0.4, -0.2) is 31.5 Å². The van der Waals surface area contributed by atoms with Crippen molar-refractivity contribution in [2.75, 3.05) is 6.54 Å². The van der Waals surface area contributed by atoms with Gasteiger partial charge in [-0.15, -0.1) is 0 Å². The highest BCUT2D eigenvalue weighted by atomic mass is 15.0. The Bertz CT molecular complexity index is 3200. The highest BCUT2D eigenvalue weighted by molar-refractivity contribution is 6.16. The van der Waals surface area contributed by atoms with Crippen LogP contribution in [0, 0.1) is 0 Å². The monoisotopic (exact) mass is 718 g/mol. The molecule has 0 fully saturated rings. The van der Waals surface area contributed by atoms with Gasteiger partial charge in [0.05, 0.1) is 22.1 Å². The molecular weight excluding hydrogens is 685 g/mol. The molecule has 0 atom stereocenters. The maximum atomic E-state index is 4.64. The number of para-hydroxylation sites is 4. The number of rotatable bonds is 6. The number of nitrogens with one attached hydrogen (secondary N) is 1. The van der Waals surface area contributed by atoms with Crippen molar-refractivity contribution in [3.05, 3.63) is 194 Å². The van der Waals surface area contributed by atoms with Gasteiger partial charge < -0.3 is 14.5 Å². The number of benzene rings is 7. The van der Waals surface area contributed by atoms with E-state index in [-0.39, 0.29) is 0 Å². The van der Waals surface area contributed by atoms with Gasteiger partial charge in [-0.1, -0.05) is 115 Å². The molecule has 0 unspecified atom stereocenters. The van der Waals surface area contributed by atoms with E-state index in [1.54, 1.807) is 12.4 Å². The SMILES string of the molecule is C1=CN=C(c2cccc(-n3c4ccccc4c4cccc(-c5cccc(-c6cccc7c8ccccc8n(-c8cccc(-c9ncccn9)c8)c67)c5)c43)c2)NC1. The predicted octanol–water partition coefficient (Wildman–Crippen LogP) is 11.5. The van der Waals surface area contributed by atoms with Gasteiger partial charge in [0.25, 0.3) is 0 Å². The van der Waals surface area contributed by atoms with Gasteiger partial charge in [0, 0.05) is 80.3 Å². The molecule has 6 heteroatoms. The average molecular weight is 719 g/mol. The standard InChI is InChI=1S/C50H34N6/c1-3-24-45-41(18-1)43-22-8-20-39(47(43)55(45)37-16-6-14-35(31-37)49-51-26-10-27-52-49)33-12-5-13-34(30-33)40-21-9-23-44-42-19-2-4-25-46(42)56(48(40)44)38-17-7-15-36(32-38)50-53-28-11-29-54-50/h1-28,30-32H,29H2,(H,53,54). The Morgan fingerprint density at radius 1 is 0.446 bits per heavy atom. The summed E-state index contributed by atoms with van der Waals surface area (Å²) in [6.45, 7) is 0.766. The zero-order chi connectivity index (χ0) is 37.0. The Hall–Kier alpha value is -7.57. The summed E-state index contributed by atoms with van der Waals surface area (Å²) in [5.41, 5.74) is 13.5. The smallest absolute Gasteiger partial charge is 0.159 e. The van der Waals surface area contributed by atoms with Gasteiger partial charge in [-0.3, -0.25) is 0 Å². The number of hydrogen-bond donors (Lipinski definition) is 1. The molecule has 0 saturated heterocycles. The fourth-order valence-electron chi connectivity index (χ4n) is 8.48. The topological polar surface area (TPSA) is 60.0 Å². The van der Waals surface area contributed by atoms with Gasteiger partial charge in [-0.05, 0) is 65.7 Å². The first-order chi connectivity index (χ1) is 27.8. The largest absolute Gasteiger partial charge is 0.366 e. The zero-order valence-electron chi connectivity index (χ0n) is 30.3. The molecule has 0 saturated carbocycles. The lowest BCUT2D eigenvalue weighted by atomic mass is 9.96. The fraction of sp³-hybridized carbons (Fsp3) is 0.0200. The van der Waals surface area contributed by atoms with Crippen LogP contribution >= 0.6 is 0 Å². The molecule has 3 aromatic heterocycles. The van der Waals surface area contributed by atoms with Crippen molar-refractivity contribution in [2.24, 2.45) is 4.99 Å². The van der Waals surface area contributed by atoms with Crippen molar-refractivity contribution >= 4 is 49.4 Å². The van der Waals surface area contributed by atoms with E-state index < -0.39 is 0 Å². The molecule has 0 radical (unpaired) electrons. The minimum Gasteiger partial charge on any atom is -0.366 e. The second-order valence-electron chi connectivity index (χ2n) is 14.1. The number of fused-ring (bicyclic) bond motifs is 6. The van der Waals surface area contributed by atoms with E-state index in [9.17, 15) is 0 Å². The summed E-state index contributed by atoms with van der Waals surface area (Å²) in [6, 6.07) is 58.8. The molecule has 0 aliphatic carbocycles. The summed E-state index contributed by atoms with van der Waals surface area (Å²) in [6.07, 6.45) is 7.49. The lowest BCUT2D eigenvalue weighted by Crippen LogP contribution is -2.26. The highest BCUT2D eigenvalue weighted by Crippen LogP contribution is 2.42. The second-order valence-corrected chi connectivity index (χ2v) is 14.1. The number of aliphatic imine (C=N–C) groups is 1. The van der Waals surface area contributed by atoms with Gasteiger partial charge in [0.15, 0.2) is 5.82 Å². The third-order valence-electron chi connectivity index (χ3n) is 10.9. The van der Waals surface area contributed by atoms with Crippen LogP contribution in [0.1, 0.15) is 5.56 Å². The Balaban J connectivity index is 1.12. The summed E-state index contributed by atoms with van der Waals surface area (Å²) in [5.74, 6) is 1.59. The molecule has 1 aliphatic rings. The Labute approximate surface area is 323 Å². The molecular formula is C50H34N6. The molecule has 4 heterocycles. The summed E-state index contributed by atoms with van der Waals surface area (Å²) < 4.78 is 4.81. The van der Waals surface area contributed by atoms with Gasteiger partial charge in [-0.2, -0.15) is 0 Å². The predicted molar refractivity (Wildman–Crippen MR) is 231 cm³/mol. The zero-order valence-corrected chi connectivity index (χ0v) is 30.3. The fourth-order valence-corrected chi connectivity index (χ4v) is 8.48. The first-order valence-corrected chi connectivity index (χ1v) is 18.9. The van der Waals surface area contributed by atoms with E-state index in [0.717, 1.165) is 62.6 Å². The summed E-state index contributed by atoms with van der Waals surface area (Å²) in [5, 5.41) is 8.29. The van der Waals surface area contributed by atoms with Gasteiger partial charge >= 0.3 is 0 Å². The number of amidine groups is 1. The third kappa shape index (κ3) is 5.15. The lowest BCUT2D eigenvalue weighted by molar-refractivity contribution is 1.01. The van der Waals surface area contributed by atoms with E-state index in [1.807, 2.05) is 18.3 Å². The Kier molecular flexibility index (Phi) is 7.45. The maximum Gasteiger partial charge on any atom is 0.159 e. The van der Waals surface area contributed by atoms with Gasteiger partial charge in [0.1, 0.15) is 5.84 Å². The molecule has 56 heavy (non-hydrogen) atoms. The van der Waals surface area contributed by atoms with Crippen molar-refractivity contribution in [3.63, 3.8) is 0 Å².